The maximum atomic E-state index is 12.3. The Morgan fingerprint density at radius 1 is 0.958 bits per heavy atom. The summed E-state index contributed by atoms with van der Waals surface area (Å²) in [5.74, 6) is -0.0872. The van der Waals surface area contributed by atoms with Gasteiger partial charge in [-0.3, -0.25) is 4.79 Å². The first-order valence-electron chi connectivity index (χ1n) is 8.13. The van der Waals surface area contributed by atoms with Gasteiger partial charge < -0.3 is 15.6 Å². The van der Waals surface area contributed by atoms with Crippen molar-refractivity contribution in [3.63, 3.8) is 0 Å². The van der Waals surface area contributed by atoms with Gasteiger partial charge in [0.25, 0.3) is 5.91 Å². The standard InChI is InChI=1S/C20H19N3O/c24-20(19-9-8-18(23-19)15-4-2-1-3-5-15)22-11-14-6-7-16-12-21-13-17(16)10-14/h1-10,21,23H,11-13H2,(H,22,24). The first-order chi connectivity index (χ1) is 11.8. The summed E-state index contributed by atoms with van der Waals surface area (Å²) in [6.07, 6.45) is 0. The van der Waals surface area contributed by atoms with Gasteiger partial charge in [0.15, 0.2) is 0 Å². The first kappa shape index (κ1) is 14.7. The summed E-state index contributed by atoms with van der Waals surface area (Å²) in [4.78, 5) is 15.5. The minimum absolute atomic E-state index is 0.0872. The summed E-state index contributed by atoms with van der Waals surface area (Å²) in [7, 11) is 0. The molecule has 4 rings (SSSR count). The highest BCUT2D eigenvalue weighted by atomic mass is 16.1. The average molecular weight is 317 g/mol. The molecule has 0 saturated carbocycles. The summed E-state index contributed by atoms with van der Waals surface area (Å²) in [5.41, 5.74) is 6.40. The highest BCUT2D eigenvalue weighted by molar-refractivity contribution is 5.93. The van der Waals surface area contributed by atoms with E-state index in [2.05, 4.69) is 33.8 Å². The lowest BCUT2D eigenvalue weighted by atomic mass is 10.1. The van der Waals surface area contributed by atoms with Crippen LogP contribution in [0.3, 0.4) is 0 Å². The molecule has 2 aromatic carbocycles. The molecule has 0 aliphatic carbocycles. The molecule has 24 heavy (non-hydrogen) atoms. The Balaban J connectivity index is 1.42. The number of fused-ring (bicyclic) bond motifs is 1. The summed E-state index contributed by atoms with van der Waals surface area (Å²) in [6.45, 7) is 2.38. The fourth-order valence-corrected chi connectivity index (χ4v) is 3.05. The topological polar surface area (TPSA) is 56.9 Å². The normalized spacial score (nSPS) is 12.8. The van der Waals surface area contributed by atoms with E-state index < -0.39 is 0 Å². The van der Waals surface area contributed by atoms with Crippen LogP contribution in [0.15, 0.2) is 60.7 Å². The molecule has 1 aromatic heterocycles. The van der Waals surface area contributed by atoms with E-state index in [0.717, 1.165) is 29.9 Å². The van der Waals surface area contributed by atoms with Crippen LogP contribution in [0.2, 0.25) is 0 Å². The molecule has 0 spiro atoms. The Morgan fingerprint density at radius 2 is 1.79 bits per heavy atom. The molecule has 0 fully saturated rings. The van der Waals surface area contributed by atoms with Crippen molar-refractivity contribution in [3.05, 3.63) is 83.0 Å². The predicted molar refractivity (Wildman–Crippen MR) is 94.4 cm³/mol. The summed E-state index contributed by atoms with van der Waals surface area (Å²) >= 11 is 0. The number of benzene rings is 2. The van der Waals surface area contributed by atoms with E-state index in [1.165, 1.54) is 11.1 Å². The number of carbonyl (C=O) groups is 1. The van der Waals surface area contributed by atoms with E-state index in [0.29, 0.717) is 12.2 Å². The lowest BCUT2D eigenvalue weighted by molar-refractivity contribution is 0.0946. The SMILES string of the molecule is O=C(NCc1ccc2c(c1)CNC2)c1ccc(-c2ccccc2)[nH]1. The molecule has 0 bridgehead atoms. The second-order valence-corrected chi connectivity index (χ2v) is 6.04. The van der Waals surface area contributed by atoms with Crippen molar-refractivity contribution in [2.45, 2.75) is 19.6 Å². The average Bonchev–Trinajstić information content (AvgIpc) is 3.29. The fraction of sp³-hybridized carbons (Fsp3) is 0.150. The number of aromatic nitrogens is 1. The number of H-pyrrole nitrogens is 1. The van der Waals surface area contributed by atoms with Crippen molar-refractivity contribution in [3.8, 4) is 11.3 Å². The second kappa shape index (κ2) is 6.34. The maximum Gasteiger partial charge on any atom is 0.267 e. The molecule has 3 N–H and O–H groups in total. The van der Waals surface area contributed by atoms with Gasteiger partial charge >= 0.3 is 0 Å². The molecule has 4 heteroatoms. The summed E-state index contributed by atoms with van der Waals surface area (Å²) in [5, 5.41) is 6.31. The molecule has 1 aliphatic rings. The zero-order valence-corrected chi connectivity index (χ0v) is 13.3. The molecule has 0 saturated heterocycles. The van der Waals surface area contributed by atoms with Crippen molar-refractivity contribution < 1.29 is 4.79 Å². The molecule has 1 aliphatic heterocycles. The number of hydrogen-bond donors (Lipinski definition) is 3. The molecule has 0 unspecified atom stereocenters. The van der Waals surface area contributed by atoms with Crippen molar-refractivity contribution in [2.75, 3.05) is 0 Å². The van der Waals surface area contributed by atoms with Gasteiger partial charge in [0, 0.05) is 25.3 Å². The largest absolute Gasteiger partial charge is 0.351 e. The summed E-state index contributed by atoms with van der Waals surface area (Å²) < 4.78 is 0. The maximum absolute atomic E-state index is 12.3. The van der Waals surface area contributed by atoms with E-state index in [4.69, 9.17) is 0 Å². The van der Waals surface area contributed by atoms with Crippen LogP contribution in [0, 0.1) is 0 Å². The predicted octanol–water partition coefficient (Wildman–Crippen LogP) is 3.21. The monoisotopic (exact) mass is 317 g/mol. The van der Waals surface area contributed by atoms with Gasteiger partial charge in [0.05, 0.1) is 0 Å². The van der Waals surface area contributed by atoms with Gasteiger partial charge in [-0.2, -0.15) is 0 Å². The molecule has 0 radical (unpaired) electrons. The molecule has 4 nitrogen and oxygen atoms in total. The zero-order chi connectivity index (χ0) is 16.4. The molecular weight excluding hydrogens is 298 g/mol. The van der Waals surface area contributed by atoms with Crippen LogP contribution in [0.5, 0.6) is 0 Å². The van der Waals surface area contributed by atoms with Crippen molar-refractivity contribution in [2.24, 2.45) is 0 Å². The van der Waals surface area contributed by atoms with Crippen molar-refractivity contribution in [1.82, 2.24) is 15.6 Å². The Labute approximate surface area is 140 Å². The van der Waals surface area contributed by atoms with Gasteiger partial charge in [0.1, 0.15) is 5.69 Å². The lowest BCUT2D eigenvalue weighted by Gasteiger charge is -2.06. The molecule has 0 atom stereocenters. The molecule has 3 aromatic rings. The van der Waals surface area contributed by atoms with E-state index in [1.54, 1.807) is 0 Å². The van der Waals surface area contributed by atoms with E-state index in [1.807, 2.05) is 42.5 Å². The Kier molecular flexibility index (Phi) is 3.89. The van der Waals surface area contributed by atoms with Crippen molar-refractivity contribution >= 4 is 5.91 Å². The second-order valence-electron chi connectivity index (χ2n) is 6.04. The van der Waals surface area contributed by atoms with Crippen LogP contribution in [0.4, 0.5) is 0 Å². The van der Waals surface area contributed by atoms with Crippen LogP contribution >= 0.6 is 0 Å². The first-order valence-corrected chi connectivity index (χ1v) is 8.13. The smallest absolute Gasteiger partial charge is 0.267 e. The third-order valence-corrected chi connectivity index (χ3v) is 4.37. The Hall–Kier alpha value is -2.85. The van der Waals surface area contributed by atoms with Crippen LogP contribution in [-0.4, -0.2) is 10.9 Å². The number of carbonyl (C=O) groups excluding carboxylic acids is 1. The quantitative estimate of drug-likeness (QED) is 0.692. The Bertz CT molecular complexity index is 868. The van der Waals surface area contributed by atoms with E-state index in [9.17, 15) is 4.79 Å². The van der Waals surface area contributed by atoms with E-state index >= 15 is 0 Å². The number of amides is 1. The lowest BCUT2D eigenvalue weighted by Crippen LogP contribution is -2.23. The van der Waals surface area contributed by atoms with Gasteiger partial charge in [-0.25, -0.2) is 0 Å². The third kappa shape index (κ3) is 2.96. The highest BCUT2D eigenvalue weighted by Crippen LogP contribution is 2.19. The third-order valence-electron chi connectivity index (χ3n) is 4.37. The minimum atomic E-state index is -0.0872. The van der Waals surface area contributed by atoms with Crippen LogP contribution in [0.1, 0.15) is 27.2 Å². The molecule has 1 amide bonds. The van der Waals surface area contributed by atoms with Gasteiger partial charge in [-0.15, -0.1) is 0 Å². The van der Waals surface area contributed by atoms with Crippen LogP contribution in [-0.2, 0) is 19.6 Å². The zero-order valence-electron chi connectivity index (χ0n) is 13.3. The van der Waals surface area contributed by atoms with Gasteiger partial charge in [-0.05, 0) is 34.4 Å². The van der Waals surface area contributed by atoms with E-state index in [-0.39, 0.29) is 5.91 Å². The molecule has 120 valence electrons. The fourth-order valence-electron chi connectivity index (χ4n) is 3.05. The van der Waals surface area contributed by atoms with Crippen molar-refractivity contribution in [1.29, 1.82) is 0 Å². The Morgan fingerprint density at radius 3 is 2.67 bits per heavy atom. The summed E-state index contributed by atoms with van der Waals surface area (Å²) in [6, 6.07) is 20.1. The molecular formula is C20H19N3O. The highest BCUT2D eigenvalue weighted by Gasteiger charge is 2.12. The molecule has 2 heterocycles. The van der Waals surface area contributed by atoms with Gasteiger partial charge in [-0.1, -0.05) is 48.5 Å². The number of hydrogen-bond acceptors (Lipinski definition) is 2. The number of rotatable bonds is 4. The number of nitrogens with one attached hydrogen (secondary N) is 3. The minimum Gasteiger partial charge on any atom is -0.351 e. The van der Waals surface area contributed by atoms with Crippen LogP contribution < -0.4 is 10.6 Å². The van der Waals surface area contributed by atoms with Gasteiger partial charge in [0.2, 0.25) is 0 Å². The number of aromatic amines is 1. The van der Waals surface area contributed by atoms with Crippen LogP contribution in [0.25, 0.3) is 11.3 Å².